The van der Waals surface area contributed by atoms with Crippen LogP contribution in [0.5, 0.6) is 23.0 Å². The van der Waals surface area contributed by atoms with Crippen LogP contribution in [-0.2, 0) is 6.42 Å². The zero-order chi connectivity index (χ0) is 22.5. The molecule has 1 aliphatic heterocycles. The summed E-state index contributed by atoms with van der Waals surface area (Å²) in [4.78, 5) is 20.0. The Balaban J connectivity index is 1.47. The van der Waals surface area contributed by atoms with Gasteiger partial charge in [-0.2, -0.15) is 0 Å². The number of rotatable bonds is 9. The van der Waals surface area contributed by atoms with Gasteiger partial charge in [0.25, 0.3) is 0 Å². The second-order valence-electron chi connectivity index (χ2n) is 6.93. The number of benzene rings is 2. The van der Waals surface area contributed by atoms with Crippen LogP contribution in [-0.4, -0.2) is 48.1 Å². The lowest BCUT2D eigenvalue weighted by molar-refractivity contribution is 0.0692. The first-order valence-electron chi connectivity index (χ1n) is 10.1. The molecule has 0 fully saturated rings. The largest absolute Gasteiger partial charge is 0.496 e. The van der Waals surface area contributed by atoms with E-state index in [4.69, 9.17) is 18.9 Å². The van der Waals surface area contributed by atoms with Crippen LogP contribution < -0.4 is 24.3 Å². The molecule has 166 valence electrons. The molecule has 2 N–H and O–H groups in total. The zero-order valence-electron chi connectivity index (χ0n) is 17.8. The fourth-order valence-corrected chi connectivity index (χ4v) is 3.42. The first kappa shape index (κ1) is 21.2. The maximum Gasteiger partial charge on any atom is 0.339 e. The lowest BCUT2D eigenvalue weighted by Gasteiger charge is -2.12. The molecular formula is C23H23N3O6. The van der Waals surface area contributed by atoms with Crippen LogP contribution in [0.4, 0.5) is 5.82 Å². The number of methoxy groups -OCH3 is 1. The Morgan fingerprint density at radius 3 is 2.69 bits per heavy atom. The highest BCUT2D eigenvalue weighted by atomic mass is 16.7. The van der Waals surface area contributed by atoms with Crippen molar-refractivity contribution in [3.8, 4) is 34.3 Å². The van der Waals surface area contributed by atoms with Crippen molar-refractivity contribution in [3.05, 3.63) is 53.9 Å². The van der Waals surface area contributed by atoms with E-state index in [0.29, 0.717) is 48.3 Å². The third-order valence-electron chi connectivity index (χ3n) is 4.95. The predicted octanol–water partition coefficient (Wildman–Crippen LogP) is 3.63. The van der Waals surface area contributed by atoms with E-state index in [9.17, 15) is 9.90 Å². The van der Waals surface area contributed by atoms with Crippen LogP contribution in [0.1, 0.15) is 22.8 Å². The predicted molar refractivity (Wildman–Crippen MR) is 117 cm³/mol. The highest BCUT2D eigenvalue weighted by molar-refractivity contribution is 5.91. The van der Waals surface area contributed by atoms with Gasteiger partial charge in [0, 0.05) is 24.2 Å². The number of ether oxygens (including phenoxy) is 4. The van der Waals surface area contributed by atoms with Gasteiger partial charge in [-0.3, -0.25) is 0 Å². The standard InChI is InChI=1S/C23H23N3O6/c1-3-30-19-8-14(4-5-16(19)23(27)28)17-10-22(26-12-25-17)24-7-6-15-9-20-21(32-13-31-20)11-18(15)29-2/h4-5,8-12H,3,6-7,13H2,1-2H3,(H,27,28)(H,24,25,26). The third-order valence-corrected chi connectivity index (χ3v) is 4.95. The van der Waals surface area contributed by atoms with Crippen LogP contribution in [0.3, 0.4) is 0 Å². The van der Waals surface area contributed by atoms with E-state index in [-0.39, 0.29) is 12.4 Å². The highest BCUT2D eigenvalue weighted by Gasteiger charge is 2.18. The summed E-state index contributed by atoms with van der Waals surface area (Å²) in [6.07, 6.45) is 2.14. The number of carboxylic acid groups (broad SMARTS) is 1. The summed E-state index contributed by atoms with van der Waals surface area (Å²) < 4.78 is 21.8. The molecule has 32 heavy (non-hydrogen) atoms. The van der Waals surface area contributed by atoms with E-state index in [2.05, 4.69) is 15.3 Å². The molecule has 0 saturated heterocycles. The molecular weight excluding hydrogens is 414 g/mol. The molecule has 1 aromatic heterocycles. The zero-order valence-corrected chi connectivity index (χ0v) is 17.8. The van der Waals surface area contributed by atoms with Gasteiger partial charge in [-0.15, -0.1) is 0 Å². The number of carbonyl (C=O) groups is 1. The molecule has 4 rings (SSSR count). The van der Waals surface area contributed by atoms with Crippen LogP contribution in [0.2, 0.25) is 0 Å². The quantitative estimate of drug-likeness (QED) is 0.518. The molecule has 2 heterocycles. The fraction of sp³-hybridized carbons (Fsp3) is 0.261. The van der Waals surface area contributed by atoms with Gasteiger partial charge in [0.15, 0.2) is 11.5 Å². The molecule has 1 aliphatic rings. The molecule has 0 atom stereocenters. The number of aromatic carboxylic acids is 1. The number of nitrogens with zero attached hydrogens (tertiary/aromatic N) is 2. The van der Waals surface area contributed by atoms with Crippen molar-refractivity contribution >= 4 is 11.8 Å². The first-order valence-corrected chi connectivity index (χ1v) is 10.1. The van der Waals surface area contributed by atoms with E-state index < -0.39 is 5.97 Å². The van der Waals surface area contributed by atoms with Gasteiger partial charge in [-0.1, -0.05) is 6.07 Å². The van der Waals surface area contributed by atoms with Gasteiger partial charge in [0.2, 0.25) is 6.79 Å². The number of nitrogens with one attached hydrogen (secondary N) is 1. The van der Waals surface area contributed by atoms with Crippen LogP contribution >= 0.6 is 0 Å². The summed E-state index contributed by atoms with van der Waals surface area (Å²) in [5.74, 6) is 2.04. The number of carboxylic acids is 1. The summed E-state index contributed by atoms with van der Waals surface area (Å²) in [7, 11) is 1.62. The first-order chi connectivity index (χ1) is 15.6. The fourth-order valence-electron chi connectivity index (χ4n) is 3.42. The minimum atomic E-state index is -1.04. The molecule has 2 aromatic carbocycles. The van der Waals surface area contributed by atoms with Gasteiger partial charge >= 0.3 is 5.97 Å². The Morgan fingerprint density at radius 1 is 1.12 bits per heavy atom. The second-order valence-corrected chi connectivity index (χ2v) is 6.93. The number of anilines is 1. The van der Waals surface area contributed by atoms with Crippen molar-refractivity contribution in [2.45, 2.75) is 13.3 Å². The van der Waals surface area contributed by atoms with Crippen molar-refractivity contribution in [2.24, 2.45) is 0 Å². The van der Waals surface area contributed by atoms with Crippen LogP contribution in [0.25, 0.3) is 11.3 Å². The molecule has 0 saturated carbocycles. The Kier molecular flexibility index (Phi) is 6.25. The molecule has 0 spiro atoms. The Morgan fingerprint density at radius 2 is 1.94 bits per heavy atom. The van der Waals surface area contributed by atoms with Gasteiger partial charge in [-0.05, 0) is 37.1 Å². The molecule has 0 bridgehead atoms. The van der Waals surface area contributed by atoms with Gasteiger partial charge in [-0.25, -0.2) is 14.8 Å². The van der Waals surface area contributed by atoms with Crippen molar-refractivity contribution in [2.75, 3.05) is 32.4 Å². The van der Waals surface area contributed by atoms with Crippen molar-refractivity contribution in [3.63, 3.8) is 0 Å². The van der Waals surface area contributed by atoms with E-state index in [0.717, 1.165) is 16.9 Å². The molecule has 3 aromatic rings. The summed E-state index contributed by atoms with van der Waals surface area (Å²) in [6.45, 7) is 2.99. The van der Waals surface area contributed by atoms with Crippen LogP contribution in [0.15, 0.2) is 42.7 Å². The van der Waals surface area contributed by atoms with Gasteiger partial charge in [0.05, 0.1) is 19.4 Å². The van der Waals surface area contributed by atoms with Crippen LogP contribution in [0, 0.1) is 0 Å². The summed E-state index contributed by atoms with van der Waals surface area (Å²) in [5, 5.41) is 12.6. The smallest absolute Gasteiger partial charge is 0.339 e. The molecule has 9 nitrogen and oxygen atoms in total. The van der Waals surface area contributed by atoms with E-state index in [1.165, 1.54) is 12.4 Å². The molecule has 0 radical (unpaired) electrons. The Bertz CT molecular complexity index is 1130. The molecule has 0 aliphatic carbocycles. The SMILES string of the molecule is CCOc1cc(-c2cc(NCCc3cc4c(cc3OC)OCO4)ncn2)ccc1C(=O)O. The van der Waals surface area contributed by atoms with Crippen molar-refractivity contribution < 1.29 is 28.8 Å². The Hall–Kier alpha value is -4.01. The topological polar surface area (TPSA) is 112 Å². The van der Waals surface area contributed by atoms with Crippen molar-refractivity contribution in [1.82, 2.24) is 9.97 Å². The lowest BCUT2D eigenvalue weighted by atomic mass is 10.1. The minimum Gasteiger partial charge on any atom is -0.496 e. The third kappa shape index (κ3) is 4.51. The van der Waals surface area contributed by atoms with Crippen molar-refractivity contribution in [1.29, 1.82) is 0 Å². The summed E-state index contributed by atoms with van der Waals surface area (Å²) in [6, 6.07) is 10.5. The maximum atomic E-state index is 11.4. The van der Waals surface area contributed by atoms with E-state index in [1.54, 1.807) is 26.2 Å². The maximum absolute atomic E-state index is 11.4. The minimum absolute atomic E-state index is 0.112. The second kappa shape index (κ2) is 9.42. The summed E-state index contributed by atoms with van der Waals surface area (Å²) >= 11 is 0. The number of fused-ring (bicyclic) bond motifs is 1. The average molecular weight is 437 g/mol. The van der Waals surface area contributed by atoms with E-state index >= 15 is 0 Å². The lowest BCUT2D eigenvalue weighted by Crippen LogP contribution is -2.08. The van der Waals surface area contributed by atoms with Gasteiger partial charge in [0.1, 0.15) is 29.2 Å². The number of hydrogen-bond acceptors (Lipinski definition) is 8. The molecule has 9 heteroatoms. The summed E-state index contributed by atoms with van der Waals surface area (Å²) in [5.41, 5.74) is 2.49. The molecule has 0 unspecified atom stereocenters. The normalized spacial score (nSPS) is 11.8. The monoisotopic (exact) mass is 437 g/mol. The number of hydrogen-bond donors (Lipinski definition) is 2. The highest BCUT2D eigenvalue weighted by Crippen LogP contribution is 2.38. The Labute approximate surface area is 184 Å². The molecule has 0 amide bonds. The average Bonchev–Trinajstić information content (AvgIpc) is 3.26. The number of aromatic nitrogens is 2. The van der Waals surface area contributed by atoms with Gasteiger partial charge < -0.3 is 29.4 Å². The van der Waals surface area contributed by atoms with E-state index in [1.807, 2.05) is 18.2 Å².